The zero-order chi connectivity index (χ0) is 29.6. The fourth-order valence-corrected chi connectivity index (χ4v) is 5.30. The molecule has 2 aromatic carbocycles. The predicted octanol–water partition coefficient (Wildman–Crippen LogP) is 3.87. The molecule has 10 nitrogen and oxygen atoms in total. The highest BCUT2D eigenvalue weighted by molar-refractivity contribution is 14.1. The highest BCUT2D eigenvalue weighted by Gasteiger charge is 2.31. The van der Waals surface area contributed by atoms with Crippen molar-refractivity contribution in [2.45, 2.75) is 32.2 Å². The highest BCUT2D eigenvalue weighted by Crippen LogP contribution is 2.34. The standard InChI is InChI=1S/C29H30FIN6O4/c1-16-25-24(26(35(4)27(16)39)33-22-11-8-17(31)14-21(22)30)28(40)37(19-9-10-19)29(41)36(25)20-7-5-6-18(15-20)32-23(38)12-13-34(2)3/h5-8,11,14-15,19,33H,9-10,12-13H2,1-4H3,(H,32,38). The maximum absolute atomic E-state index is 14.9. The molecule has 0 aliphatic heterocycles. The number of rotatable bonds is 8. The van der Waals surface area contributed by atoms with Crippen LogP contribution < -0.4 is 27.4 Å². The third-order valence-corrected chi connectivity index (χ3v) is 7.78. The summed E-state index contributed by atoms with van der Waals surface area (Å²) in [5.41, 5.74) is -0.330. The highest BCUT2D eigenvalue weighted by atomic mass is 127. The lowest BCUT2D eigenvalue weighted by Crippen LogP contribution is -2.41. The van der Waals surface area contributed by atoms with Gasteiger partial charge in [0.1, 0.15) is 17.0 Å². The van der Waals surface area contributed by atoms with Crippen molar-refractivity contribution in [1.29, 1.82) is 0 Å². The Balaban J connectivity index is 1.77. The lowest BCUT2D eigenvalue weighted by molar-refractivity contribution is -0.116. The number of anilines is 3. The lowest BCUT2D eigenvalue weighted by Gasteiger charge is -2.21. The van der Waals surface area contributed by atoms with Crippen LogP contribution in [0.5, 0.6) is 0 Å². The number of aryl methyl sites for hydroxylation is 1. The normalized spacial score (nSPS) is 13.1. The van der Waals surface area contributed by atoms with Crippen LogP contribution in [0.3, 0.4) is 0 Å². The number of pyridine rings is 1. The Morgan fingerprint density at radius 3 is 2.49 bits per heavy atom. The second-order valence-electron chi connectivity index (χ2n) is 10.5. The Kier molecular flexibility index (Phi) is 7.88. The molecular weight excluding hydrogens is 642 g/mol. The van der Waals surface area contributed by atoms with E-state index in [9.17, 15) is 23.6 Å². The van der Waals surface area contributed by atoms with E-state index in [4.69, 9.17) is 0 Å². The van der Waals surface area contributed by atoms with Crippen molar-refractivity contribution in [2.24, 2.45) is 7.05 Å². The second-order valence-corrected chi connectivity index (χ2v) is 11.7. The first-order chi connectivity index (χ1) is 19.5. The molecule has 0 unspecified atom stereocenters. The molecule has 0 atom stereocenters. The molecule has 0 spiro atoms. The summed E-state index contributed by atoms with van der Waals surface area (Å²) in [4.78, 5) is 55.8. The number of carbonyl (C=O) groups is 1. The van der Waals surface area contributed by atoms with Crippen molar-refractivity contribution in [3.63, 3.8) is 0 Å². The maximum Gasteiger partial charge on any atom is 0.336 e. The van der Waals surface area contributed by atoms with E-state index in [0.29, 0.717) is 34.3 Å². The molecule has 12 heteroatoms. The van der Waals surface area contributed by atoms with E-state index in [-0.39, 0.29) is 46.3 Å². The maximum atomic E-state index is 14.9. The van der Waals surface area contributed by atoms with Gasteiger partial charge in [0.05, 0.1) is 16.9 Å². The molecule has 0 radical (unpaired) electrons. The fourth-order valence-electron chi connectivity index (χ4n) is 4.84. The monoisotopic (exact) mass is 672 g/mol. The number of fused-ring (bicyclic) bond motifs is 1. The molecule has 0 bridgehead atoms. The molecule has 1 fully saturated rings. The Bertz CT molecular complexity index is 1870. The van der Waals surface area contributed by atoms with Crippen LogP contribution in [0, 0.1) is 16.3 Å². The topological polar surface area (TPSA) is 110 Å². The van der Waals surface area contributed by atoms with E-state index in [1.165, 1.54) is 32.9 Å². The van der Waals surface area contributed by atoms with E-state index >= 15 is 0 Å². The number of carbonyl (C=O) groups excluding carboxylic acids is 1. The van der Waals surface area contributed by atoms with Crippen molar-refractivity contribution >= 4 is 56.6 Å². The zero-order valence-electron chi connectivity index (χ0n) is 23.1. The van der Waals surface area contributed by atoms with E-state index in [2.05, 4.69) is 10.6 Å². The molecule has 1 aliphatic rings. The lowest BCUT2D eigenvalue weighted by atomic mass is 10.1. The summed E-state index contributed by atoms with van der Waals surface area (Å²) >= 11 is 2.00. The molecule has 4 aromatic rings. The summed E-state index contributed by atoms with van der Waals surface area (Å²) in [6.07, 6.45) is 1.62. The number of hydrogen-bond acceptors (Lipinski definition) is 6. The van der Waals surface area contributed by atoms with Gasteiger partial charge in [-0.15, -0.1) is 0 Å². The minimum absolute atomic E-state index is 0.0806. The Morgan fingerprint density at radius 1 is 1.10 bits per heavy atom. The molecule has 1 aliphatic carbocycles. The van der Waals surface area contributed by atoms with Crippen LogP contribution in [0.4, 0.5) is 21.6 Å². The van der Waals surface area contributed by atoms with Crippen molar-refractivity contribution in [3.8, 4) is 5.69 Å². The van der Waals surface area contributed by atoms with E-state index < -0.39 is 22.6 Å². The van der Waals surface area contributed by atoms with Crippen LogP contribution >= 0.6 is 22.6 Å². The number of amides is 1. The smallest absolute Gasteiger partial charge is 0.336 e. The van der Waals surface area contributed by atoms with Crippen molar-refractivity contribution in [2.75, 3.05) is 31.3 Å². The van der Waals surface area contributed by atoms with Crippen LogP contribution in [0.15, 0.2) is 56.8 Å². The molecular formula is C29H30FIN6O4. The van der Waals surface area contributed by atoms with Crippen LogP contribution in [0.2, 0.25) is 0 Å². The first-order valence-electron chi connectivity index (χ1n) is 13.2. The van der Waals surface area contributed by atoms with Crippen LogP contribution in [0.1, 0.15) is 30.9 Å². The average molecular weight is 672 g/mol. The summed E-state index contributed by atoms with van der Waals surface area (Å²) in [6, 6.07) is 11.0. The molecule has 214 valence electrons. The first kappa shape index (κ1) is 28.7. The van der Waals surface area contributed by atoms with Gasteiger partial charge in [-0.3, -0.25) is 28.1 Å². The van der Waals surface area contributed by atoms with Gasteiger partial charge in [-0.2, -0.15) is 0 Å². The van der Waals surface area contributed by atoms with Crippen molar-refractivity contribution in [3.05, 3.63) is 88.6 Å². The van der Waals surface area contributed by atoms with Crippen LogP contribution in [0.25, 0.3) is 16.6 Å². The third-order valence-electron chi connectivity index (χ3n) is 7.11. The molecule has 0 saturated heterocycles. The quantitative estimate of drug-likeness (QED) is 0.275. The number of nitrogens with one attached hydrogen (secondary N) is 2. The average Bonchev–Trinajstić information content (AvgIpc) is 3.75. The van der Waals surface area contributed by atoms with E-state index in [0.717, 1.165) is 0 Å². The number of hydrogen-bond donors (Lipinski definition) is 2. The van der Waals surface area contributed by atoms with Crippen LogP contribution in [-0.2, 0) is 11.8 Å². The first-order valence-corrected chi connectivity index (χ1v) is 14.2. The number of benzene rings is 2. The molecule has 2 N–H and O–H groups in total. The number of halogens is 2. The largest absolute Gasteiger partial charge is 0.338 e. The van der Waals surface area contributed by atoms with Gasteiger partial charge in [0, 0.05) is 40.9 Å². The Morgan fingerprint density at radius 2 is 1.83 bits per heavy atom. The van der Waals surface area contributed by atoms with E-state index in [1.807, 2.05) is 41.6 Å². The predicted molar refractivity (Wildman–Crippen MR) is 166 cm³/mol. The van der Waals surface area contributed by atoms with Gasteiger partial charge in [0.2, 0.25) is 5.91 Å². The van der Waals surface area contributed by atoms with Crippen molar-refractivity contribution < 1.29 is 9.18 Å². The summed E-state index contributed by atoms with van der Waals surface area (Å²) < 4.78 is 19.4. The Hall–Kier alpha value is -3.78. The van der Waals surface area contributed by atoms with Gasteiger partial charge >= 0.3 is 5.69 Å². The molecule has 1 amide bonds. The van der Waals surface area contributed by atoms with Gasteiger partial charge in [-0.05, 0) is 92.8 Å². The summed E-state index contributed by atoms with van der Waals surface area (Å²) in [7, 11) is 5.26. The molecule has 2 heterocycles. The summed E-state index contributed by atoms with van der Waals surface area (Å²) in [5.74, 6) is -0.657. The number of nitrogens with zero attached hydrogens (tertiary/aromatic N) is 4. The summed E-state index contributed by atoms with van der Waals surface area (Å²) in [6.45, 7) is 2.13. The third kappa shape index (κ3) is 5.58. The minimum atomic E-state index is -0.580. The van der Waals surface area contributed by atoms with Gasteiger partial charge in [0.15, 0.2) is 0 Å². The van der Waals surface area contributed by atoms with Crippen LogP contribution in [-0.4, -0.2) is 45.1 Å². The molecule has 2 aromatic heterocycles. The number of aromatic nitrogens is 3. The zero-order valence-corrected chi connectivity index (χ0v) is 25.3. The SMILES string of the molecule is Cc1c(=O)n(C)c(Nc2ccc(I)cc2F)c2c(=O)n(C3CC3)c(=O)n(-c3cccc(NC(=O)CCN(C)C)c3)c12. The van der Waals surface area contributed by atoms with Gasteiger partial charge < -0.3 is 15.5 Å². The minimum Gasteiger partial charge on any atom is -0.338 e. The van der Waals surface area contributed by atoms with Gasteiger partial charge in [-0.25, -0.2) is 9.18 Å². The van der Waals surface area contributed by atoms with E-state index in [1.54, 1.807) is 37.3 Å². The molecule has 5 rings (SSSR count). The van der Waals surface area contributed by atoms with Gasteiger partial charge in [-0.1, -0.05) is 6.07 Å². The fraction of sp³-hybridized carbons (Fsp3) is 0.310. The second kappa shape index (κ2) is 11.2. The molecule has 41 heavy (non-hydrogen) atoms. The Labute approximate surface area is 248 Å². The molecule has 1 saturated carbocycles. The van der Waals surface area contributed by atoms with Crippen molar-refractivity contribution in [1.82, 2.24) is 18.6 Å². The summed E-state index contributed by atoms with van der Waals surface area (Å²) in [5, 5.41) is 5.91. The van der Waals surface area contributed by atoms with Gasteiger partial charge in [0.25, 0.3) is 11.1 Å².